The summed E-state index contributed by atoms with van der Waals surface area (Å²) in [6, 6.07) is 0. The quantitative estimate of drug-likeness (QED) is 0.831. The molecule has 5 nitrogen and oxygen atoms in total. The average molecular weight is 279 g/mol. The molecule has 0 unspecified atom stereocenters. The van der Waals surface area contributed by atoms with E-state index >= 15 is 0 Å². The summed E-state index contributed by atoms with van der Waals surface area (Å²) in [5, 5.41) is 9.48. The van der Waals surface area contributed by atoms with Crippen molar-refractivity contribution in [3.05, 3.63) is 18.7 Å². The molecule has 0 aromatic carbocycles. The van der Waals surface area contributed by atoms with Crippen molar-refractivity contribution in [2.45, 2.75) is 45.6 Å². The first-order valence-electron chi connectivity index (χ1n) is 7.58. The van der Waals surface area contributed by atoms with Crippen molar-refractivity contribution in [2.75, 3.05) is 19.6 Å². The second-order valence-electron chi connectivity index (χ2n) is 5.83. The average Bonchev–Trinajstić information content (AvgIpc) is 2.94. The molecule has 0 saturated carbocycles. The van der Waals surface area contributed by atoms with E-state index in [0.717, 1.165) is 58.3 Å². The van der Waals surface area contributed by atoms with Gasteiger partial charge in [-0.3, -0.25) is 4.79 Å². The van der Waals surface area contributed by atoms with Gasteiger partial charge in [-0.15, -0.1) is 0 Å². The maximum Gasteiger partial charge on any atom is 0.309 e. The maximum atomic E-state index is 11.5. The molecular formula is C15H25N3O2. The van der Waals surface area contributed by atoms with Crippen LogP contribution in [0.1, 0.15) is 39.0 Å². The molecule has 0 amide bonds. The van der Waals surface area contributed by atoms with Crippen LogP contribution in [0, 0.1) is 5.41 Å². The summed E-state index contributed by atoms with van der Waals surface area (Å²) in [5.74, 6) is -0.600. The number of carbonyl (C=O) groups is 1. The predicted molar refractivity (Wildman–Crippen MR) is 77.5 cm³/mol. The highest BCUT2D eigenvalue weighted by Crippen LogP contribution is 2.36. The van der Waals surface area contributed by atoms with Crippen molar-refractivity contribution in [3.63, 3.8) is 0 Å². The number of carboxylic acids is 1. The Morgan fingerprint density at radius 2 is 2.10 bits per heavy atom. The Kier molecular flexibility index (Phi) is 5.17. The summed E-state index contributed by atoms with van der Waals surface area (Å²) in [6.45, 7) is 5.92. The first-order chi connectivity index (χ1) is 9.66. The van der Waals surface area contributed by atoms with E-state index < -0.39 is 11.4 Å². The second kappa shape index (κ2) is 6.88. The van der Waals surface area contributed by atoms with Gasteiger partial charge in [-0.2, -0.15) is 0 Å². The Balaban J connectivity index is 1.74. The maximum absolute atomic E-state index is 11.5. The number of hydrogen-bond donors (Lipinski definition) is 1. The summed E-state index contributed by atoms with van der Waals surface area (Å²) in [5.41, 5.74) is -0.463. The molecule has 20 heavy (non-hydrogen) atoms. The zero-order valence-corrected chi connectivity index (χ0v) is 12.3. The SMILES string of the molecule is CCCC1(C(=O)O)CCN(CCCn2ccnc2)CC1. The smallest absolute Gasteiger partial charge is 0.309 e. The van der Waals surface area contributed by atoms with E-state index in [0.29, 0.717) is 0 Å². The standard InChI is InChI=1S/C15H25N3O2/c1-2-4-15(14(19)20)5-10-17(11-6-15)8-3-9-18-12-7-16-13-18/h7,12-13H,2-6,8-11H2,1H3,(H,19,20). The molecule has 2 rings (SSSR count). The third kappa shape index (κ3) is 3.60. The minimum Gasteiger partial charge on any atom is -0.481 e. The lowest BCUT2D eigenvalue weighted by Gasteiger charge is -2.38. The first kappa shape index (κ1) is 15.0. The molecule has 5 heteroatoms. The number of hydrogen-bond acceptors (Lipinski definition) is 3. The Morgan fingerprint density at radius 1 is 1.35 bits per heavy atom. The van der Waals surface area contributed by atoms with E-state index in [4.69, 9.17) is 0 Å². The first-order valence-corrected chi connectivity index (χ1v) is 7.58. The summed E-state index contributed by atoms with van der Waals surface area (Å²) >= 11 is 0. The fraction of sp³-hybridized carbons (Fsp3) is 0.733. The number of likely N-dealkylation sites (tertiary alicyclic amines) is 1. The van der Waals surface area contributed by atoms with E-state index in [1.165, 1.54) is 0 Å². The van der Waals surface area contributed by atoms with Gasteiger partial charge >= 0.3 is 5.97 Å². The number of nitrogens with zero attached hydrogens (tertiary/aromatic N) is 3. The Labute approximate surface area is 120 Å². The Bertz CT molecular complexity index is 409. The normalized spacial score (nSPS) is 19.1. The molecule has 1 N–H and O–H groups in total. The van der Waals surface area contributed by atoms with Crippen molar-refractivity contribution >= 4 is 5.97 Å². The number of carboxylic acid groups (broad SMARTS) is 1. The number of piperidine rings is 1. The highest BCUT2D eigenvalue weighted by atomic mass is 16.4. The highest BCUT2D eigenvalue weighted by molar-refractivity contribution is 5.74. The van der Waals surface area contributed by atoms with Crippen LogP contribution >= 0.6 is 0 Å². The van der Waals surface area contributed by atoms with Gasteiger partial charge in [0.1, 0.15) is 0 Å². The second-order valence-corrected chi connectivity index (χ2v) is 5.83. The van der Waals surface area contributed by atoms with Gasteiger partial charge in [-0.1, -0.05) is 13.3 Å². The van der Waals surface area contributed by atoms with Gasteiger partial charge < -0.3 is 14.6 Å². The number of aryl methyl sites for hydroxylation is 1. The zero-order chi connectivity index (χ0) is 14.4. The largest absolute Gasteiger partial charge is 0.481 e. The van der Waals surface area contributed by atoms with Gasteiger partial charge in [-0.25, -0.2) is 4.98 Å². The van der Waals surface area contributed by atoms with Crippen LogP contribution < -0.4 is 0 Å². The molecule has 0 atom stereocenters. The summed E-state index contributed by atoms with van der Waals surface area (Å²) < 4.78 is 2.09. The predicted octanol–water partition coefficient (Wildman–Crippen LogP) is 2.24. The molecule has 1 fully saturated rings. The van der Waals surface area contributed by atoms with Crippen molar-refractivity contribution in [1.29, 1.82) is 0 Å². The van der Waals surface area contributed by atoms with Gasteiger partial charge in [0.25, 0.3) is 0 Å². The Hall–Kier alpha value is -1.36. The number of aliphatic carboxylic acids is 1. The minimum absolute atomic E-state index is 0.463. The molecular weight excluding hydrogens is 254 g/mol. The number of aromatic nitrogens is 2. The van der Waals surface area contributed by atoms with E-state index in [1.807, 2.05) is 12.5 Å². The molecule has 1 saturated heterocycles. The van der Waals surface area contributed by atoms with Crippen molar-refractivity contribution in [3.8, 4) is 0 Å². The van der Waals surface area contributed by atoms with Crippen LogP contribution in [-0.2, 0) is 11.3 Å². The van der Waals surface area contributed by atoms with Crippen LogP contribution in [0.15, 0.2) is 18.7 Å². The molecule has 0 spiro atoms. The molecule has 0 aliphatic carbocycles. The number of rotatable bonds is 7. The molecule has 2 heterocycles. The van der Waals surface area contributed by atoms with Crippen LogP contribution in [0.3, 0.4) is 0 Å². The van der Waals surface area contributed by atoms with E-state index in [-0.39, 0.29) is 0 Å². The lowest BCUT2D eigenvalue weighted by molar-refractivity contribution is -0.152. The number of imidazole rings is 1. The van der Waals surface area contributed by atoms with Crippen LogP contribution in [-0.4, -0.2) is 45.2 Å². The molecule has 112 valence electrons. The zero-order valence-electron chi connectivity index (χ0n) is 12.3. The van der Waals surface area contributed by atoms with Gasteiger partial charge in [0.2, 0.25) is 0 Å². The summed E-state index contributed by atoms with van der Waals surface area (Å²) in [4.78, 5) is 17.9. The van der Waals surface area contributed by atoms with Gasteiger partial charge in [0.05, 0.1) is 11.7 Å². The van der Waals surface area contributed by atoms with Gasteiger partial charge in [-0.05, 0) is 45.3 Å². The van der Waals surface area contributed by atoms with Gasteiger partial charge in [0.15, 0.2) is 0 Å². The molecule has 0 radical (unpaired) electrons. The lowest BCUT2D eigenvalue weighted by Crippen LogP contribution is -2.44. The third-order valence-corrected chi connectivity index (χ3v) is 4.45. The molecule has 1 aromatic rings. The summed E-state index contributed by atoms with van der Waals surface area (Å²) in [6.07, 6.45) is 10.1. The van der Waals surface area contributed by atoms with Gasteiger partial charge in [0, 0.05) is 18.9 Å². The topological polar surface area (TPSA) is 58.4 Å². The van der Waals surface area contributed by atoms with Crippen molar-refractivity contribution < 1.29 is 9.90 Å². The fourth-order valence-electron chi connectivity index (χ4n) is 3.15. The molecule has 1 aliphatic heterocycles. The van der Waals surface area contributed by atoms with Crippen LogP contribution in [0.5, 0.6) is 0 Å². The minimum atomic E-state index is -0.600. The highest BCUT2D eigenvalue weighted by Gasteiger charge is 2.40. The van der Waals surface area contributed by atoms with E-state index in [1.54, 1.807) is 6.20 Å². The fourth-order valence-corrected chi connectivity index (χ4v) is 3.15. The van der Waals surface area contributed by atoms with Crippen LogP contribution in [0.4, 0.5) is 0 Å². The summed E-state index contributed by atoms with van der Waals surface area (Å²) in [7, 11) is 0. The lowest BCUT2D eigenvalue weighted by atomic mass is 9.75. The molecule has 0 bridgehead atoms. The third-order valence-electron chi connectivity index (χ3n) is 4.45. The monoisotopic (exact) mass is 279 g/mol. The van der Waals surface area contributed by atoms with Crippen LogP contribution in [0.2, 0.25) is 0 Å². The van der Waals surface area contributed by atoms with Crippen LogP contribution in [0.25, 0.3) is 0 Å². The molecule has 1 aliphatic rings. The van der Waals surface area contributed by atoms with Crippen molar-refractivity contribution in [2.24, 2.45) is 5.41 Å². The van der Waals surface area contributed by atoms with Crippen molar-refractivity contribution in [1.82, 2.24) is 14.5 Å². The molecule has 1 aromatic heterocycles. The van der Waals surface area contributed by atoms with E-state index in [2.05, 4.69) is 21.4 Å². The van der Waals surface area contributed by atoms with E-state index in [9.17, 15) is 9.90 Å². The Morgan fingerprint density at radius 3 is 2.65 bits per heavy atom.